The van der Waals surface area contributed by atoms with Crippen LogP contribution < -0.4 is 0 Å². The van der Waals surface area contributed by atoms with Crippen LogP contribution in [0.4, 0.5) is 5.69 Å². The largest absolute Gasteiger partial charge is 0.487 e. The molecule has 0 saturated heterocycles. The minimum atomic E-state index is -0.918. The van der Waals surface area contributed by atoms with Gasteiger partial charge in [-0.1, -0.05) is 91.0 Å². The Morgan fingerprint density at radius 2 is 1.44 bits per heavy atom. The van der Waals surface area contributed by atoms with Gasteiger partial charge in [0.2, 0.25) is 0 Å². The monoisotopic (exact) mass is 474 g/mol. The Morgan fingerprint density at radius 1 is 0.889 bits per heavy atom. The van der Waals surface area contributed by atoms with Crippen molar-refractivity contribution < 1.29 is 14.4 Å². The normalized spacial score (nSPS) is 15.6. The second-order valence-corrected chi connectivity index (χ2v) is 8.14. The van der Waals surface area contributed by atoms with Crippen LogP contribution in [0, 0.1) is 23.0 Å². The van der Waals surface area contributed by atoms with Gasteiger partial charge in [-0.15, -0.1) is 0 Å². The maximum atomic E-state index is 11.5. The molecule has 0 bridgehead atoms. The molecule has 3 aromatic carbocycles. The summed E-state index contributed by atoms with van der Waals surface area (Å²) in [6, 6.07) is 31.6. The molecule has 0 amide bonds. The fourth-order valence-electron chi connectivity index (χ4n) is 4.34. The molecule has 4 radical (unpaired) electrons. The van der Waals surface area contributed by atoms with Crippen LogP contribution in [0.2, 0.25) is 0 Å². The molecule has 0 spiro atoms. The second kappa shape index (κ2) is 10.5. The summed E-state index contributed by atoms with van der Waals surface area (Å²) >= 11 is 0. The SMILES string of the molecule is O=[N+]([O-])c1cnccc1C1=C[C][C][C@H](COC(c2ccccc2)(c2ccccc2)c2ccccc2)O1. The molecule has 1 atom stereocenters. The van der Waals surface area contributed by atoms with Gasteiger partial charge in [-0.25, -0.2) is 0 Å². The van der Waals surface area contributed by atoms with E-state index in [1.807, 2.05) is 91.0 Å². The van der Waals surface area contributed by atoms with Crippen molar-refractivity contribution in [2.45, 2.75) is 11.7 Å². The molecule has 4 aromatic rings. The zero-order valence-electron chi connectivity index (χ0n) is 19.3. The molecule has 6 heteroatoms. The van der Waals surface area contributed by atoms with Gasteiger partial charge in [0.25, 0.3) is 5.69 Å². The molecule has 1 aromatic heterocycles. The number of benzene rings is 3. The lowest BCUT2D eigenvalue weighted by atomic mass is 9.80. The first-order chi connectivity index (χ1) is 17.7. The number of allylic oxidation sites excluding steroid dienone is 1. The van der Waals surface area contributed by atoms with Crippen LogP contribution in [0.15, 0.2) is 116 Å². The number of ether oxygens (including phenoxy) is 2. The van der Waals surface area contributed by atoms with Crippen LogP contribution in [0.1, 0.15) is 22.3 Å². The highest BCUT2D eigenvalue weighted by Gasteiger charge is 2.39. The third kappa shape index (κ3) is 4.63. The van der Waals surface area contributed by atoms with E-state index in [0.717, 1.165) is 16.7 Å². The number of nitrogens with zero attached hydrogens (tertiary/aromatic N) is 2. The van der Waals surface area contributed by atoms with Gasteiger partial charge in [-0.2, -0.15) is 0 Å². The van der Waals surface area contributed by atoms with Crippen molar-refractivity contribution in [1.82, 2.24) is 4.98 Å². The van der Waals surface area contributed by atoms with Crippen molar-refractivity contribution >= 4 is 11.4 Å². The minimum absolute atomic E-state index is 0.127. The average Bonchev–Trinajstić information content (AvgIpc) is 2.95. The van der Waals surface area contributed by atoms with Crippen LogP contribution in [0.3, 0.4) is 0 Å². The number of nitro groups is 1. The van der Waals surface area contributed by atoms with E-state index >= 15 is 0 Å². The molecule has 5 rings (SSSR count). The zero-order chi connectivity index (χ0) is 24.8. The molecule has 176 valence electrons. The van der Waals surface area contributed by atoms with E-state index in [4.69, 9.17) is 9.47 Å². The quantitative estimate of drug-likeness (QED) is 0.181. The molecular weight excluding hydrogens is 452 g/mol. The predicted octanol–water partition coefficient (Wildman–Crippen LogP) is 5.90. The summed E-state index contributed by atoms with van der Waals surface area (Å²) < 4.78 is 12.9. The van der Waals surface area contributed by atoms with Crippen LogP contribution >= 0.6 is 0 Å². The van der Waals surface area contributed by atoms with Crippen molar-refractivity contribution in [2.75, 3.05) is 6.61 Å². The fraction of sp³-hybridized carbons (Fsp3) is 0.100. The van der Waals surface area contributed by atoms with Crippen LogP contribution in [-0.2, 0) is 15.1 Å². The molecule has 6 nitrogen and oxygen atoms in total. The summed E-state index contributed by atoms with van der Waals surface area (Å²) in [7, 11) is 0. The Balaban J connectivity index is 1.49. The summed E-state index contributed by atoms with van der Waals surface area (Å²) in [4.78, 5) is 14.9. The standard InChI is InChI=1S/C30H22N2O4/c33-32(34)28-21-31-20-19-27(28)29-18-10-17-26(36-29)22-35-30(23-11-4-1-5-12-23,24-13-6-2-7-14-24)25-15-8-3-9-16-25/h1-9,11-16,18-21,26H,22H2/t26-/m1/s1. The lowest BCUT2D eigenvalue weighted by molar-refractivity contribution is -0.385. The van der Waals surface area contributed by atoms with E-state index in [1.165, 1.54) is 18.5 Å². The fourth-order valence-corrected chi connectivity index (χ4v) is 4.34. The van der Waals surface area contributed by atoms with Crippen molar-refractivity contribution in [1.29, 1.82) is 0 Å². The molecule has 0 N–H and O–H groups in total. The van der Waals surface area contributed by atoms with Crippen molar-refractivity contribution in [3.05, 3.63) is 161 Å². The highest BCUT2D eigenvalue weighted by molar-refractivity contribution is 5.69. The third-order valence-electron chi connectivity index (χ3n) is 5.97. The lowest BCUT2D eigenvalue weighted by Gasteiger charge is -2.37. The first-order valence-electron chi connectivity index (χ1n) is 11.5. The average molecular weight is 475 g/mol. The van der Waals surface area contributed by atoms with Gasteiger partial charge in [0, 0.05) is 19.0 Å². The highest BCUT2D eigenvalue weighted by atomic mass is 16.6. The van der Waals surface area contributed by atoms with E-state index in [0.29, 0.717) is 11.3 Å². The number of aromatic nitrogens is 1. The molecular formula is C30H22N2O4. The van der Waals surface area contributed by atoms with Gasteiger partial charge in [0.05, 0.1) is 17.1 Å². The van der Waals surface area contributed by atoms with Crippen LogP contribution in [-0.4, -0.2) is 22.6 Å². The number of pyridine rings is 1. The Bertz CT molecular complexity index is 1240. The van der Waals surface area contributed by atoms with E-state index in [-0.39, 0.29) is 12.3 Å². The Morgan fingerprint density at radius 3 is 1.97 bits per heavy atom. The molecule has 0 aliphatic carbocycles. The summed E-state index contributed by atoms with van der Waals surface area (Å²) in [6.07, 6.45) is 9.59. The van der Waals surface area contributed by atoms with Crippen LogP contribution in [0.25, 0.3) is 5.76 Å². The molecule has 0 unspecified atom stereocenters. The summed E-state index contributed by atoms with van der Waals surface area (Å²) in [5, 5.41) is 11.5. The molecule has 0 saturated carbocycles. The molecule has 36 heavy (non-hydrogen) atoms. The van der Waals surface area contributed by atoms with E-state index < -0.39 is 16.6 Å². The highest BCUT2D eigenvalue weighted by Crippen LogP contribution is 2.41. The van der Waals surface area contributed by atoms with Gasteiger partial charge >= 0.3 is 0 Å². The summed E-state index contributed by atoms with van der Waals surface area (Å²) in [6.45, 7) is 0.127. The number of hydrogen-bond acceptors (Lipinski definition) is 5. The Kier molecular flexibility index (Phi) is 6.87. The van der Waals surface area contributed by atoms with E-state index in [9.17, 15) is 10.1 Å². The first kappa shape index (κ1) is 23.5. The molecule has 1 aliphatic heterocycles. The van der Waals surface area contributed by atoms with Gasteiger partial charge in [0.1, 0.15) is 23.7 Å². The van der Waals surface area contributed by atoms with E-state index in [1.54, 1.807) is 6.07 Å². The van der Waals surface area contributed by atoms with E-state index in [2.05, 4.69) is 17.8 Å². The lowest BCUT2D eigenvalue weighted by Crippen LogP contribution is -2.36. The second-order valence-electron chi connectivity index (χ2n) is 8.14. The maximum Gasteiger partial charge on any atom is 0.298 e. The zero-order valence-corrected chi connectivity index (χ0v) is 19.3. The smallest absolute Gasteiger partial charge is 0.298 e. The van der Waals surface area contributed by atoms with Crippen molar-refractivity contribution in [3.8, 4) is 0 Å². The third-order valence-corrected chi connectivity index (χ3v) is 5.97. The molecule has 0 fully saturated rings. The van der Waals surface area contributed by atoms with Gasteiger partial charge in [0.15, 0.2) is 0 Å². The minimum Gasteiger partial charge on any atom is -0.487 e. The first-order valence-corrected chi connectivity index (χ1v) is 11.5. The molecule has 2 heterocycles. The van der Waals surface area contributed by atoms with Gasteiger partial charge in [-0.3, -0.25) is 15.1 Å². The summed E-state index contributed by atoms with van der Waals surface area (Å²) in [5.74, 6) is 0.321. The predicted molar refractivity (Wildman–Crippen MR) is 135 cm³/mol. The maximum absolute atomic E-state index is 11.5. The number of hydrogen-bond donors (Lipinski definition) is 0. The van der Waals surface area contributed by atoms with Crippen molar-refractivity contribution in [3.63, 3.8) is 0 Å². The molecule has 1 aliphatic rings. The van der Waals surface area contributed by atoms with Crippen molar-refractivity contribution in [2.24, 2.45) is 0 Å². The van der Waals surface area contributed by atoms with Gasteiger partial charge < -0.3 is 9.47 Å². The topological polar surface area (TPSA) is 74.5 Å². The Labute approximate surface area is 210 Å². The van der Waals surface area contributed by atoms with Crippen LogP contribution in [0.5, 0.6) is 0 Å². The Hall–Kier alpha value is -4.29. The number of rotatable bonds is 8. The summed E-state index contributed by atoms with van der Waals surface area (Å²) in [5.41, 5.74) is 2.16. The van der Waals surface area contributed by atoms with Gasteiger partial charge in [-0.05, 0) is 28.8 Å².